The molecule has 1 N–H and O–H groups in total. The zero-order valence-electron chi connectivity index (χ0n) is 15.4. The van der Waals surface area contributed by atoms with Crippen molar-refractivity contribution in [1.29, 1.82) is 0 Å². The van der Waals surface area contributed by atoms with E-state index in [1.165, 1.54) is 24.5 Å². The Bertz CT molecular complexity index is 819. The minimum Gasteiger partial charge on any atom is -0.343 e. The van der Waals surface area contributed by atoms with E-state index in [9.17, 15) is 14.0 Å². The topological polar surface area (TPSA) is 78.4 Å². The third-order valence-electron chi connectivity index (χ3n) is 4.79. The van der Waals surface area contributed by atoms with E-state index in [-0.39, 0.29) is 23.8 Å². The molecule has 1 aromatic heterocycles. The second kappa shape index (κ2) is 8.11. The van der Waals surface area contributed by atoms with E-state index in [0.717, 1.165) is 12.8 Å². The second-order valence-electron chi connectivity index (χ2n) is 6.58. The van der Waals surface area contributed by atoms with E-state index in [4.69, 9.17) is 0 Å². The third kappa shape index (κ3) is 4.58. The van der Waals surface area contributed by atoms with Gasteiger partial charge in [0.1, 0.15) is 5.82 Å². The number of piperidine rings is 1. The van der Waals surface area contributed by atoms with Gasteiger partial charge in [0.25, 0.3) is 0 Å². The fraction of sp³-hybridized carbons (Fsp3) is 0.368. The summed E-state index contributed by atoms with van der Waals surface area (Å²) in [6.45, 7) is 2.86. The number of carbonyl (C=O) groups excluding carboxylic acids is 2. The zero-order valence-corrected chi connectivity index (χ0v) is 15.4. The van der Waals surface area contributed by atoms with Crippen molar-refractivity contribution in [1.82, 2.24) is 19.8 Å². The van der Waals surface area contributed by atoms with Crippen LogP contribution in [0, 0.1) is 5.82 Å². The van der Waals surface area contributed by atoms with Crippen molar-refractivity contribution in [2.45, 2.75) is 25.8 Å². The fourth-order valence-corrected chi connectivity index (χ4v) is 3.12. The molecular formula is C19H22FN5O2. The molecule has 0 unspecified atom stereocenters. The summed E-state index contributed by atoms with van der Waals surface area (Å²) < 4.78 is 13.3. The number of urea groups is 1. The first-order valence-corrected chi connectivity index (χ1v) is 8.81. The number of nitrogens with zero attached hydrogens (tertiary/aromatic N) is 4. The van der Waals surface area contributed by atoms with Crippen molar-refractivity contribution >= 4 is 17.8 Å². The van der Waals surface area contributed by atoms with Crippen LogP contribution in [0.2, 0.25) is 0 Å². The van der Waals surface area contributed by atoms with Gasteiger partial charge in [0.2, 0.25) is 5.91 Å². The molecule has 1 aliphatic rings. The summed E-state index contributed by atoms with van der Waals surface area (Å²) in [5.74, 6) is 0.0477. The quantitative estimate of drug-likeness (QED) is 0.900. The number of aromatic nitrogens is 2. The number of carbonyl (C=O) groups is 2. The molecular weight excluding hydrogens is 349 g/mol. The fourth-order valence-electron chi connectivity index (χ4n) is 3.12. The van der Waals surface area contributed by atoms with Crippen molar-refractivity contribution in [3.63, 3.8) is 0 Å². The maximum absolute atomic E-state index is 13.3. The highest BCUT2D eigenvalue weighted by atomic mass is 19.1. The number of halogens is 1. The Balaban J connectivity index is 1.58. The molecule has 1 aromatic carbocycles. The van der Waals surface area contributed by atoms with E-state index in [1.54, 1.807) is 35.9 Å². The summed E-state index contributed by atoms with van der Waals surface area (Å²) in [5, 5.41) is 2.72. The Morgan fingerprint density at radius 3 is 2.56 bits per heavy atom. The molecule has 1 fully saturated rings. The van der Waals surface area contributed by atoms with Crippen LogP contribution in [0.1, 0.15) is 19.8 Å². The predicted octanol–water partition coefficient (Wildman–Crippen LogP) is 2.76. The van der Waals surface area contributed by atoms with E-state index >= 15 is 0 Å². The number of anilines is 1. The SMILES string of the molecule is CC(=O)N1CCC(N(C)C(=O)Nc2cnc(-c3cccc(F)c3)cn2)CC1. The lowest BCUT2D eigenvalue weighted by molar-refractivity contribution is -0.130. The van der Waals surface area contributed by atoms with Gasteiger partial charge in [-0.05, 0) is 25.0 Å². The maximum Gasteiger partial charge on any atom is 0.323 e. The molecule has 1 aliphatic heterocycles. The number of amides is 3. The van der Waals surface area contributed by atoms with Gasteiger partial charge in [-0.1, -0.05) is 12.1 Å². The molecule has 27 heavy (non-hydrogen) atoms. The molecule has 2 heterocycles. The first-order valence-electron chi connectivity index (χ1n) is 8.81. The number of likely N-dealkylation sites (tertiary alicyclic amines) is 1. The summed E-state index contributed by atoms with van der Waals surface area (Å²) in [4.78, 5) is 35.7. The lowest BCUT2D eigenvalue weighted by Crippen LogP contribution is -2.48. The zero-order chi connectivity index (χ0) is 19.4. The van der Waals surface area contributed by atoms with Crippen molar-refractivity contribution in [3.05, 3.63) is 42.5 Å². The molecule has 7 nitrogen and oxygen atoms in total. The number of hydrogen-bond donors (Lipinski definition) is 1. The Morgan fingerprint density at radius 1 is 1.22 bits per heavy atom. The predicted molar refractivity (Wildman–Crippen MR) is 99.5 cm³/mol. The van der Waals surface area contributed by atoms with Crippen LogP contribution in [0.3, 0.4) is 0 Å². The molecule has 1 saturated heterocycles. The number of hydrogen-bond acceptors (Lipinski definition) is 4. The highest BCUT2D eigenvalue weighted by Crippen LogP contribution is 2.19. The first kappa shape index (κ1) is 18.8. The van der Waals surface area contributed by atoms with Gasteiger partial charge in [0.05, 0.1) is 18.1 Å². The van der Waals surface area contributed by atoms with E-state index in [1.807, 2.05) is 0 Å². The average molecular weight is 371 g/mol. The molecule has 2 aromatic rings. The van der Waals surface area contributed by atoms with Crippen LogP contribution in [0.5, 0.6) is 0 Å². The van der Waals surface area contributed by atoms with Gasteiger partial charge in [-0.2, -0.15) is 0 Å². The molecule has 8 heteroatoms. The summed E-state index contributed by atoms with van der Waals surface area (Å²) in [7, 11) is 1.73. The number of rotatable bonds is 3. The molecule has 0 bridgehead atoms. The molecule has 0 aliphatic carbocycles. The minimum absolute atomic E-state index is 0.0641. The van der Waals surface area contributed by atoms with Crippen LogP contribution in [-0.4, -0.2) is 57.9 Å². The van der Waals surface area contributed by atoms with Crippen LogP contribution in [-0.2, 0) is 4.79 Å². The van der Waals surface area contributed by atoms with Gasteiger partial charge in [0, 0.05) is 38.7 Å². The minimum atomic E-state index is -0.343. The standard InChI is InChI=1S/C19H22FN5O2/c1-13(26)25-8-6-16(7-9-25)24(2)19(27)23-18-12-21-17(11-22-18)14-4-3-5-15(20)10-14/h3-5,10-12,16H,6-9H2,1-2H3,(H,22,23,27). The summed E-state index contributed by atoms with van der Waals surface area (Å²) in [5.41, 5.74) is 1.15. The van der Waals surface area contributed by atoms with Crippen LogP contribution >= 0.6 is 0 Å². The normalized spacial score (nSPS) is 14.7. The highest BCUT2D eigenvalue weighted by molar-refractivity contribution is 5.88. The molecule has 0 atom stereocenters. The second-order valence-corrected chi connectivity index (χ2v) is 6.58. The molecule has 3 amide bonds. The summed E-state index contributed by atoms with van der Waals surface area (Å²) in [6, 6.07) is 5.89. The van der Waals surface area contributed by atoms with Crippen molar-refractivity contribution < 1.29 is 14.0 Å². The first-order chi connectivity index (χ1) is 12.9. The summed E-state index contributed by atoms with van der Waals surface area (Å²) >= 11 is 0. The molecule has 0 saturated carbocycles. The Labute approximate surface area is 157 Å². The van der Waals surface area contributed by atoms with Gasteiger partial charge < -0.3 is 9.80 Å². The maximum atomic E-state index is 13.3. The Kier molecular flexibility index (Phi) is 5.63. The van der Waals surface area contributed by atoms with Crippen molar-refractivity contribution in [3.8, 4) is 11.3 Å². The number of nitrogens with one attached hydrogen (secondary N) is 1. The van der Waals surface area contributed by atoms with Gasteiger partial charge in [0.15, 0.2) is 5.82 Å². The molecule has 0 spiro atoms. The van der Waals surface area contributed by atoms with E-state index in [0.29, 0.717) is 30.2 Å². The molecule has 3 rings (SSSR count). The molecule has 0 radical (unpaired) electrons. The largest absolute Gasteiger partial charge is 0.343 e. The molecule has 142 valence electrons. The van der Waals surface area contributed by atoms with Crippen LogP contribution < -0.4 is 5.32 Å². The Hall–Kier alpha value is -3.03. The van der Waals surface area contributed by atoms with Crippen LogP contribution in [0.25, 0.3) is 11.3 Å². The van der Waals surface area contributed by atoms with Gasteiger partial charge in [-0.15, -0.1) is 0 Å². The lowest BCUT2D eigenvalue weighted by Gasteiger charge is -2.36. The van der Waals surface area contributed by atoms with Crippen LogP contribution in [0.15, 0.2) is 36.7 Å². The van der Waals surface area contributed by atoms with Crippen molar-refractivity contribution in [2.75, 3.05) is 25.5 Å². The van der Waals surface area contributed by atoms with Crippen LogP contribution in [0.4, 0.5) is 15.0 Å². The smallest absolute Gasteiger partial charge is 0.323 e. The van der Waals surface area contributed by atoms with Gasteiger partial charge in [-0.3, -0.25) is 15.1 Å². The Morgan fingerprint density at radius 2 is 1.96 bits per heavy atom. The van der Waals surface area contributed by atoms with E-state index < -0.39 is 0 Å². The summed E-state index contributed by atoms with van der Waals surface area (Å²) in [6.07, 6.45) is 4.43. The van der Waals surface area contributed by atoms with Gasteiger partial charge >= 0.3 is 6.03 Å². The third-order valence-corrected chi connectivity index (χ3v) is 4.79. The van der Waals surface area contributed by atoms with Crippen molar-refractivity contribution in [2.24, 2.45) is 0 Å². The lowest BCUT2D eigenvalue weighted by atomic mass is 10.0. The van der Waals surface area contributed by atoms with Gasteiger partial charge in [-0.25, -0.2) is 14.2 Å². The average Bonchev–Trinajstić information content (AvgIpc) is 2.68. The number of benzene rings is 1. The monoisotopic (exact) mass is 371 g/mol. The highest BCUT2D eigenvalue weighted by Gasteiger charge is 2.26. The van der Waals surface area contributed by atoms with E-state index in [2.05, 4.69) is 15.3 Å².